The third-order valence-corrected chi connectivity index (χ3v) is 5.33. The number of methoxy groups -OCH3 is 1. The zero-order valence-electron chi connectivity index (χ0n) is 13.8. The van der Waals surface area contributed by atoms with Gasteiger partial charge in [0.25, 0.3) is 0 Å². The van der Waals surface area contributed by atoms with Crippen molar-refractivity contribution in [3.05, 3.63) is 48.0 Å². The largest absolute Gasteiger partial charge is 0.497 e. The Labute approximate surface area is 154 Å². The average Bonchev–Trinajstić information content (AvgIpc) is 3.07. The minimum atomic E-state index is 0.757. The molecule has 0 unspecified atom stereocenters. The van der Waals surface area contributed by atoms with Crippen LogP contribution in [0.5, 0.6) is 5.75 Å². The van der Waals surface area contributed by atoms with E-state index in [4.69, 9.17) is 14.7 Å². The SMILES string of the molecule is COc1ccc(-c2nc3n(c2-c2ccnc(SC)n2)CC=CS3)cc1. The quantitative estimate of drug-likeness (QED) is 0.504. The predicted molar refractivity (Wildman–Crippen MR) is 102 cm³/mol. The van der Waals surface area contributed by atoms with Gasteiger partial charge in [0, 0.05) is 18.3 Å². The molecule has 0 saturated heterocycles. The van der Waals surface area contributed by atoms with E-state index >= 15 is 0 Å². The van der Waals surface area contributed by atoms with Crippen molar-refractivity contribution in [3.63, 3.8) is 0 Å². The first-order valence-corrected chi connectivity index (χ1v) is 9.84. The fourth-order valence-corrected chi connectivity index (χ4v) is 3.83. The Morgan fingerprint density at radius 1 is 1.16 bits per heavy atom. The molecule has 4 rings (SSSR count). The third-order valence-electron chi connectivity index (χ3n) is 3.91. The molecule has 1 aliphatic rings. The Morgan fingerprint density at radius 2 is 2.00 bits per heavy atom. The van der Waals surface area contributed by atoms with Gasteiger partial charge in [-0.1, -0.05) is 29.6 Å². The molecule has 0 aliphatic carbocycles. The molecular formula is C18H16N4OS2. The number of nitrogens with zero attached hydrogens (tertiary/aromatic N) is 4. The molecule has 25 heavy (non-hydrogen) atoms. The average molecular weight is 368 g/mol. The van der Waals surface area contributed by atoms with E-state index in [9.17, 15) is 0 Å². The molecule has 1 aliphatic heterocycles. The number of thioether (sulfide) groups is 2. The molecule has 0 radical (unpaired) electrons. The highest BCUT2D eigenvalue weighted by atomic mass is 32.2. The Morgan fingerprint density at radius 3 is 2.76 bits per heavy atom. The molecule has 0 atom stereocenters. The second-order valence-corrected chi connectivity index (χ2v) is 7.00. The van der Waals surface area contributed by atoms with Crippen LogP contribution < -0.4 is 4.74 Å². The van der Waals surface area contributed by atoms with Crippen LogP contribution in [0, 0.1) is 0 Å². The first-order valence-electron chi connectivity index (χ1n) is 7.74. The number of fused-ring (bicyclic) bond motifs is 1. The van der Waals surface area contributed by atoms with Crippen molar-refractivity contribution in [2.45, 2.75) is 16.9 Å². The van der Waals surface area contributed by atoms with Crippen LogP contribution in [0.15, 0.2) is 58.3 Å². The van der Waals surface area contributed by atoms with Gasteiger partial charge in [-0.2, -0.15) is 0 Å². The molecule has 0 N–H and O–H groups in total. The van der Waals surface area contributed by atoms with Crippen molar-refractivity contribution in [2.24, 2.45) is 0 Å². The highest BCUT2D eigenvalue weighted by molar-refractivity contribution is 8.02. The van der Waals surface area contributed by atoms with Gasteiger partial charge < -0.3 is 9.30 Å². The van der Waals surface area contributed by atoms with Gasteiger partial charge in [0.05, 0.1) is 24.2 Å². The molecule has 0 amide bonds. The van der Waals surface area contributed by atoms with Crippen LogP contribution in [-0.2, 0) is 6.54 Å². The van der Waals surface area contributed by atoms with Gasteiger partial charge >= 0.3 is 0 Å². The third kappa shape index (κ3) is 3.05. The highest BCUT2D eigenvalue weighted by Gasteiger charge is 2.22. The molecule has 3 aromatic rings. The van der Waals surface area contributed by atoms with Gasteiger partial charge in [-0.25, -0.2) is 15.0 Å². The van der Waals surface area contributed by atoms with E-state index in [1.165, 1.54) is 11.8 Å². The summed E-state index contributed by atoms with van der Waals surface area (Å²) in [4.78, 5) is 13.9. The minimum Gasteiger partial charge on any atom is -0.497 e. The van der Waals surface area contributed by atoms with Crippen molar-refractivity contribution in [1.82, 2.24) is 19.5 Å². The van der Waals surface area contributed by atoms with Crippen LogP contribution in [0.3, 0.4) is 0 Å². The smallest absolute Gasteiger partial charge is 0.187 e. The fraction of sp³-hybridized carbons (Fsp3) is 0.167. The predicted octanol–water partition coefficient (Wildman–Crippen LogP) is 4.36. The van der Waals surface area contributed by atoms with Crippen LogP contribution in [0.25, 0.3) is 22.6 Å². The molecule has 126 valence electrons. The van der Waals surface area contributed by atoms with Crippen molar-refractivity contribution < 1.29 is 4.74 Å². The van der Waals surface area contributed by atoms with Crippen molar-refractivity contribution in [1.29, 1.82) is 0 Å². The first-order chi connectivity index (χ1) is 12.3. The molecule has 5 nitrogen and oxygen atoms in total. The number of aromatic nitrogens is 4. The van der Waals surface area contributed by atoms with Gasteiger partial charge in [0.1, 0.15) is 5.75 Å². The lowest BCUT2D eigenvalue weighted by molar-refractivity contribution is 0.415. The van der Waals surface area contributed by atoms with Crippen molar-refractivity contribution >= 4 is 23.5 Å². The molecular weight excluding hydrogens is 352 g/mol. The first kappa shape index (κ1) is 16.2. The summed E-state index contributed by atoms with van der Waals surface area (Å²) in [6.07, 6.45) is 5.92. The van der Waals surface area contributed by atoms with Gasteiger partial charge in [-0.05, 0) is 42.0 Å². The molecule has 0 bridgehead atoms. The van der Waals surface area contributed by atoms with Gasteiger partial charge in [-0.3, -0.25) is 0 Å². The number of hydrogen-bond donors (Lipinski definition) is 0. The standard InChI is InChI=1S/C18H16N4OS2/c1-23-13-6-4-12(5-7-13)15-16(14-8-9-19-17(20-14)24-2)22-10-3-11-25-18(22)21-15/h3-9,11H,10H2,1-2H3. The van der Waals surface area contributed by atoms with Gasteiger partial charge in [-0.15, -0.1) is 0 Å². The summed E-state index contributed by atoms with van der Waals surface area (Å²) in [5, 5.41) is 3.82. The lowest BCUT2D eigenvalue weighted by atomic mass is 10.1. The maximum atomic E-state index is 5.27. The Hall–Kier alpha value is -2.25. The number of hydrogen-bond acceptors (Lipinski definition) is 6. The minimum absolute atomic E-state index is 0.757. The van der Waals surface area contributed by atoms with Gasteiger partial charge in [0.15, 0.2) is 10.3 Å². The van der Waals surface area contributed by atoms with Crippen LogP contribution in [-0.4, -0.2) is 32.9 Å². The molecule has 3 heterocycles. The summed E-state index contributed by atoms with van der Waals surface area (Å²) in [5.74, 6) is 0.831. The normalized spacial score (nSPS) is 12.9. The molecule has 0 spiro atoms. The summed E-state index contributed by atoms with van der Waals surface area (Å²) >= 11 is 3.17. The van der Waals surface area contributed by atoms with E-state index in [0.717, 1.165) is 45.3 Å². The Balaban J connectivity index is 1.90. The van der Waals surface area contributed by atoms with Crippen molar-refractivity contribution in [2.75, 3.05) is 13.4 Å². The second kappa shape index (κ2) is 6.93. The summed E-state index contributed by atoms with van der Waals surface area (Å²) in [6.45, 7) is 0.791. The topological polar surface area (TPSA) is 52.8 Å². The van der Waals surface area contributed by atoms with E-state index in [-0.39, 0.29) is 0 Å². The monoisotopic (exact) mass is 368 g/mol. The summed E-state index contributed by atoms with van der Waals surface area (Å²) < 4.78 is 7.47. The maximum Gasteiger partial charge on any atom is 0.187 e. The summed E-state index contributed by atoms with van der Waals surface area (Å²) in [7, 11) is 1.67. The molecule has 7 heteroatoms. The zero-order chi connectivity index (χ0) is 17.2. The van der Waals surface area contributed by atoms with E-state index in [0.29, 0.717) is 0 Å². The lowest BCUT2D eigenvalue weighted by Gasteiger charge is -2.12. The van der Waals surface area contributed by atoms with E-state index in [2.05, 4.69) is 21.0 Å². The fourth-order valence-electron chi connectivity index (χ4n) is 2.73. The molecule has 1 aromatic carbocycles. The van der Waals surface area contributed by atoms with E-state index < -0.39 is 0 Å². The van der Waals surface area contributed by atoms with Gasteiger partial charge in [0.2, 0.25) is 0 Å². The van der Waals surface area contributed by atoms with Crippen LogP contribution in [0.4, 0.5) is 0 Å². The molecule has 0 saturated carbocycles. The zero-order valence-corrected chi connectivity index (χ0v) is 15.5. The van der Waals surface area contributed by atoms with Crippen molar-refractivity contribution in [3.8, 4) is 28.4 Å². The Bertz CT molecular complexity index is 935. The van der Waals surface area contributed by atoms with Crippen LogP contribution in [0.2, 0.25) is 0 Å². The number of rotatable bonds is 4. The highest BCUT2D eigenvalue weighted by Crippen LogP contribution is 2.37. The maximum absolute atomic E-state index is 5.27. The number of benzene rings is 1. The number of ether oxygens (including phenoxy) is 1. The Kier molecular flexibility index (Phi) is 4.50. The van der Waals surface area contributed by atoms with E-state index in [1.807, 2.05) is 36.6 Å². The van der Waals surface area contributed by atoms with Crippen LogP contribution >= 0.6 is 23.5 Å². The number of imidazole rings is 1. The number of allylic oxidation sites excluding steroid dienone is 1. The second-order valence-electron chi connectivity index (χ2n) is 5.35. The van der Waals surface area contributed by atoms with Crippen LogP contribution in [0.1, 0.15) is 0 Å². The molecule has 2 aromatic heterocycles. The lowest BCUT2D eigenvalue weighted by Crippen LogP contribution is -2.04. The van der Waals surface area contributed by atoms with E-state index in [1.54, 1.807) is 25.1 Å². The summed E-state index contributed by atoms with van der Waals surface area (Å²) in [5.41, 5.74) is 3.89. The molecule has 0 fully saturated rings. The summed E-state index contributed by atoms with van der Waals surface area (Å²) in [6, 6.07) is 9.92.